The van der Waals surface area contributed by atoms with E-state index < -0.39 is 50.7 Å². The van der Waals surface area contributed by atoms with Gasteiger partial charge in [-0.3, -0.25) is 14.3 Å². The van der Waals surface area contributed by atoms with Gasteiger partial charge in [-0.15, -0.1) is 9.42 Å². The number of rotatable bonds is 14. The first-order chi connectivity index (χ1) is 14.5. The summed E-state index contributed by atoms with van der Waals surface area (Å²) >= 11 is 0. The van der Waals surface area contributed by atoms with Gasteiger partial charge in [-0.05, 0) is 6.42 Å². The van der Waals surface area contributed by atoms with Gasteiger partial charge in [0.1, 0.15) is 12.2 Å². The Morgan fingerprint density at radius 3 is 2.40 bits per heavy atom. The summed E-state index contributed by atoms with van der Waals surface area (Å²) in [7, 11) is -2.97. The first-order valence-electron chi connectivity index (χ1n) is 10.5. The lowest BCUT2D eigenvalue weighted by atomic mass is 10.1. The van der Waals surface area contributed by atoms with Crippen molar-refractivity contribution in [1.82, 2.24) is 9.55 Å². The smallest absolute Gasteiger partial charge is 0.394 e. The van der Waals surface area contributed by atoms with E-state index in [1.807, 2.05) is 0 Å². The first-order valence-corrected chi connectivity index (χ1v) is 11.6. The third-order valence-electron chi connectivity index (χ3n) is 5.11. The Bertz CT molecular complexity index is 767. The molecule has 10 nitrogen and oxygen atoms in total. The van der Waals surface area contributed by atoms with Crippen LogP contribution in [0.25, 0.3) is 0 Å². The van der Waals surface area contributed by atoms with E-state index in [4.69, 9.17) is 14.0 Å². The number of aromatic nitrogens is 2. The predicted molar refractivity (Wildman–Crippen MR) is 109 cm³/mol. The molecular formula is C19H32N2O8P+. The molecule has 1 saturated heterocycles. The Morgan fingerprint density at radius 1 is 1.13 bits per heavy atom. The number of aromatic amines is 1. The number of aliphatic hydroxyl groups is 1. The van der Waals surface area contributed by atoms with Gasteiger partial charge in [-0.25, -0.2) is 4.79 Å². The van der Waals surface area contributed by atoms with Gasteiger partial charge in [0.2, 0.25) is 0 Å². The van der Waals surface area contributed by atoms with Gasteiger partial charge in [0.15, 0.2) is 12.3 Å². The summed E-state index contributed by atoms with van der Waals surface area (Å²) in [5, 5.41) is 9.59. The number of H-pyrrole nitrogens is 1. The zero-order valence-corrected chi connectivity index (χ0v) is 18.2. The van der Waals surface area contributed by atoms with Crippen molar-refractivity contribution in [3.8, 4) is 0 Å². The molecule has 3 N–H and O–H groups in total. The summed E-state index contributed by atoms with van der Waals surface area (Å²) in [5.41, 5.74) is -1.27. The largest absolute Gasteiger partial charge is 0.695 e. The molecule has 2 heterocycles. The van der Waals surface area contributed by atoms with Gasteiger partial charge in [-0.1, -0.05) is 51.9 Å². The highest BCUT2D eigenvalue weighted by Gasteiger charge is 2.51. The monoisotopic (exact) mass is 447 g/mol. The van der Waals surface area contributed by atoms with Crippen LogP contribution in [0.4, 0.5) is 0 Å². The van der Waals surface area contributed by atoms with Gasteiger partial charge in [0.05, 0.1) is 6.61 Å². The third-order valence-corrected chi connectivity index (χ3v) is 5.53. The summed E-state index contributed by atoms with van der Waals surface area (Å²) in [6.07, 6.45) is 6.32. The van der Waals surface area contributed by atoms with Crippen LogP contribution in [0.1, 0.15) is 64.5 Å². The van der Waals surface area contributed by atoms with E-state index in [1.165, 1.54) is 38.3 Å². The summed E-state index contributed by atoms with van der Waals surface area (Å²) < 4.78 is 29.0. The molecule has 0 spiro atoms. The lowest BCUT2D eigenvalue weighted by molar-refractivity contribution is -0.0744. The average molecular weight is 447 g/mol. The Morgan fingerprint density at radius 2 is 1.80 bits per heavy atom. The molecule has 1 aliphatic heterocycles. The molecule has 30 heavy (non-hydrogen) atoms. The fraction of sp³-hybridized carbons (Fsp3) is 0.789. The molecule has 0 aromatic carbocycles. The van der Waals surface area contributed by atoms with E-state index >= 15 is 0 Å². The Kier molecular flexibility index (Phi) is 10.8. The number of nitrogens with zero attached hydrogens (tertiary/aromatic N) is 1. The molecule has 0 amide bonds. The van der Waals surface area contributed by atoms with Crippen LogP contribution in [-0.4, -0.2) is 51.1 Å². The molecule has 2 rings (SSSR count). The minimum Gasteiger partial charge on any atom is -0.394 e. The second kappa shape index (κ2) is 13.1. The number of unbranched alkanes of at least 4 members (excludes halogenated alkanes) is 7. The van der Waals surface area contributed by atoms with Crippen LogP contribution in [0.15, 0.2) is 21.9 Å². The zero-order valence-electron chi connectivity index (χ0n) is 17.3. The van der Waals surface area contributed by atoms with E-state index in [9.17, 15) is 24.2 Å². The lowest BCUT2D eigenvalue weighted by Gasteiger charge is -2.22. The van der Waals surface area contributed by atoms with Crippen molar-refractivity contribution >= 4 is 8.25 Å². The zero-order chi connectivity index (χ0) is 21.9. The molecule has 0 radical (unpaired) electrons. The van der Waals surface area contributed by atoms with Crippen LogP contribution in [0.3, 0.4) is 0 Å². The van der Waals surface area contributed by atoms with Crippen molar-refractivity contribution in [3.63, 3.8) is 0 Å². The Labute approximate surface area is 176 Å². The minimum atomic E-state index is -2.97. The molecule has 3 unspecified atom stereocenters. The van der Waals surface area contributed by atoms with Gasteiger partial charge < -0.3 is 14.6 Å². The third kappa shape index (κ3) is 7.37. The van der Waals surface area contributed by atoms with Crippen molar-refractivity contribution in [3.05, 3.63) is 33.1 Å². The SMILES string of the molecule is CCCCCCCCCCOC1C(O[P+](=O)O)[C@@H](CO)O[C@H]1n1ccc(=O)[nH]c1=O. The molecule has 0 saturated carbocycles. The molecule has 0 bridgehead atoms. The topological polar surface area (TPSA) is 140 Å². The standard InChI is InChI=1S/C19H31N2O8P/c1-2-3-4-5-6-7-8-9-12-27-17-16(29-30(25)26)14(13-22)28-18(17)21-11-10-15(23)20-19(21)24/h10-11,14,16-18,22H,2-9,12-13H2,1H3,(H-,20,23,24,25,26)/p+1/t14-,16?,17?,18-/m1/s1. The highest BCUT2D eigenvalue weighted by Crippen LogP contribution is 2.37. The van der Waals surface area contributed by atoms with Crippen LogP contribution >= 0.6 is 8.25 Å². The minimum absolute atomic E-state index is 0.345. The number of hydrogen-bond donors (Lipinski definition) is 3. The normalized spacial score (nSPS) is 24.3. The quantitative estimate of drug-likeness (QED) is 0.291. The maximum Gasteiger partial charge on any atom is 0.695 e. The summed E-state index contributed by atoms with van der Waals surface area (Å²) in [4.78, 5) is 34.9. The van der Waals surface area contributed by atoms with Crippen molar-refractivity contribution in [2.24, 2.45) is 0 Å². The number of aliphatic hydroxyl groups excluding tert-OH is 1. The summed E-state index contributed by atoms with van der Waals surface area (Å²) in [5.74, 6) is 0. The van der Waals surface area contributed by atoms with Crippen molar-refractivity contribution < 1.29 is 28.6 Å². The average Bonchev–Trinajstić information content (AvgIpc) is 3.03. The van der Waals surface area contributed by atoms with Crippen LogP contribution < -0.4 is 11.2 Å². The highest BCUT2D eigenvalue weighted by molar-refractivity contribution is 7.32. The summed E-state index contributed by atoms with van der Waals surface area (Å²) in [6, 6.07) is 1.16. The highest BCUT2D eigenvalue weighted by atomic mass is 31.1. The van der Waals surface area contributed by atoms with Gasteiger partial charge in [-0.2, -0.15) is 0 Å². The Hall–Kier alpha value is -1.42. The van der Waals surface area contributed by atoms with E-state index in [2.05, 4.69) is 11.9 Å². The molecule has 1 aromatic rings. The van der Waals surface area contributed by atoms with E-state index in [0.29, 0.717) is 6.61 Å². The van der Waals surface area contributed by atoms with E-state index in [1.54, 1.807) is 0 Å². The molecule has 5 atom stereocenters. The first kappa shape index (κ1) is 24.8. The second-order valence-corrected chi connectivity index (χ2v) is 8.07. The van der Waals surface area contributed by atoms with Gasteiger partial charge in [0.25, 0.3) is 5.56 Å². The van der Waals surface area contributed by atoms with Crippen molar-refractivity contribution in [2.75, 3.05) is 13.2 Å². The number of nitrogens with one attached hydrogen (secondary N) is 1. The molecule has 1 aromatic heterocycles. The lowest BCUT2D eigenvalue weighted by Crippen LogP contribution is -2.40. The maximum absolute atomic E-state index is 12.2. The van der Waals surface area contributed by atoms with Crippen LogP contribution in [0, 0.1) is 0 Å². The number of hydrogen-bond acceptors (Lipinski definition) is 7. The fourth-order valence-corrected chi connectivity index (χ4v) is 4.03. The summed E-state index contributed by atoms with van der Waals surface area (Å²) in [6.45, 7) is 2.04. The second-order valence-electron chi connectivity index (χ2n) is 7.38. The van der Waals surface area contributed by atoms with Crippen molar-refractivity contribution in [2.45, 2.75) is 82.8 Å². The predicted octanol–water partition coefficient (Wildman–Crippen LogP) is 1.99. The molecule has 11 heteroatoms. The molecule has 0 aliphatic carbocycles. The van der Waals surface area contributed by atoms with Crippen molar-refractivity contribution in [1.29, 1.82) is 0 Å². The van der Waals surface area contributed by atoms with Gasteiger partial charge in [0, 0.05) is 23.4 Å². The number of ether oxygens (including phenoxy) is 2. The Balaban J connectivity index is 1.99. The molecule has 1 aliphatic rings. The molecule has 170 valence electrons. The van der Waals surface area contributed by atoms with Crippen LogP contribution in [-0.2, 0) is 18.6 Å². The van der Waals surface area contributed by atoms with Crippen LogP contribution in [0.5, 0.6) is 0 Å². The van der Waals surface area contributed by atoms with Gasteiger partial charge >= 0.3 is 13.9 Å². The van der Waals surface area contributed by atoms with E-state index in [-0.39, 0.29) is 0 Å². The van der Waals surface area contributed by atoms with Crippen LogP contribution in [0.2, 0.25) is 0 Å². The molecule has 1 fully saturated rings. The maximum atomic E-state index is 12.2. The van der Waals surface area contributed by atoms with E-state index in [0.717, 1.165) is 29.9 Å². The fourth-order valence-electron chi connectivity index (χ4n) is 3.57. The molecular weight excluding hydrogens is 415 g/mol.